The van der Waals surface area contributed by atoms with Gasteiger partial charge in [0.1, 0.15) is 12.4 Å². The molecule has 1 aromatic heterocycles. The van der Waals surface area contributed by atoms with Crippen molar-refractivity contribution in [3.05, 3.63) is 47.3 Å². The lowest BCUT2D eigenvalue weighted by atomic mass is 10.1. The lowest BCUT2D eigenvalue weighted by Crippen LogP contribution is -2.08. The third kappa shape index (κ3) is 4.45. The summed E-state index contributed by atoms with van der Waals surface area (Å²) in [4.78, 5) is 0. The summed E-state index contributed by atoms with van der Waals surface area (Å²) in [6, 6.07) is 11.7. The highest BCUT2D eigenvalue weighted by Crippen LogP contribution is 2.15. The van der Waals surface area contributed by atoms with Crippen LogP contribution in [0.15, 0.2) is 46.0 Å². The Morgan fingerprint density at radius 1 is 1.21 bits per heavy atom. The fourth-order valence-corrected chi connectivity index (χ4v) is 3.61. The molecule has 1 heterocycles. The van der Waals surface area contributed by atoms with Crippen molar-refractivity contribution in [3.63, 3.8) is 0 Å². The number of hydrogen-bond acceptors (Lipinski definition) is 4. The molecule has 0 spiro atoms. The van der Waals surface area contributed by atoms with Crippen molar-refractivity contribution in [2.24, 2.45) is 5.73 Å². The Morgan fingerprint density at radius 3 is 2.63 bits per heavy atom. The topological polar surface area (TPSA) is 52.3 Å². The summed E-state index contributed by atoms with van der Waals surface area (Å²) >= 11 is 1.52. The third-order valence-electron chi connectivity index (χ3n) is 2.61. The first-order chi connectivity index (χ1) is 9.29. The Bertz CT molecular complexity index is 509. The summed E-state index contributed by atoms with van der Waals surface area (Å²) in [5.41, 5.74) is 6.70. The fourth-order valence-electron chi connectivity index (χ4n) is 1.65. The van der Waals surface area contributed by atoms with Gasteiger partial charge in [-0.3, -0.25) is 4.21 Å². The van der Waals surface area contributed by atoms with Crippen LogP contribution in [0.3, 0.4) is 0 Å². The molecule has 2 N–H and O–H groups in total. The van der Waals surface area contributed by atoms with E-state index in [0.717, 1.165) is 16.4 Å². The molecular weight excluding hydrogens is 278 g/mol. The minimum absolute atomic E-state index is 0.459. The average Bonchev–Trinajstić information content (AvgIpc) is 2.95. The van der Waals surface area contributed by atoms with Gasteiger partial charge >= 0.3 is 0 Å². The van der Waals surface area contributed by atoms with Crippen molar-refractivity contribution in [3.8, 4) is 5.75 Å². The van der Waals surface area contributed by atoms with E-state index in [1.165, 1.54) is 16.9 Å². The molecule has 1 atom stereocenters. The minimum Gasteiger partial charge on any atom is -0.493 e. The summed E-state index contributed by atoms with van der Waals surface area (Å²) in [7, 11) is -0.956. The predicted octanol–water partition coefficient (Wildman–Crippen LogP) is 2.44. The molecule has 2 aromatic rings. The maximum absolute atomic E-state index is 11.9. The van der Waals surface area contributed by atoms with Crippen molar-refractivity contribution in [2.75, 3.05) is 18.9 Å². The molecule has 5 heteroatoms. The van der Waals surface area contributed by atoms with E-state index < -0.39 is 10.8 Å². The molecular formula is C14H17NO2S2. The summed E-state index contributed by atoms with van der Waals surface area (Å²) in [5, 5.41) is 1.93. The number of ether oxygens (including phenoxy) is 1. The van der Waals surface area contributed by atoms with Crippen molar-refractivity contribution >= 4 is 22.1 Å². The van der Waals surface area contributed by atoms with Gasteiger partial charge in [0.25, 0.3) is 0 Å². The first-order valence-corrected chi connectivity index (χ1v) is 8.33. The van der Waals surface area contributed by atoms with Crippen LogP contribution < -0.4 is 10.5 Å². The molecule has 19 heavy (non-hydrogen) atoms. The highest BCUT2D eigenvalue weighted by molar-refractivity contribution is 7.87. The number of rotatable bonds is 7. The van der Waals surface area contributed by atoms with E-state index in [-0.39, 0.29) is 0 Å². The van der Waals surface area contributed by atoms with E-state index in [0.29, 0.717) is 18.9 Å². The monoisotopic (exact) mass is 295 g/mol. The molecule has 0 amide bonds. The molecule has 0 saturated carbocycles. The molecule has 0 radical (unpaired) electrons. The Kier molecular flexibility index (Phi) is 5.57. The van der Waals surface area contributed by atoms with Crippen LogP contribution in [-0.4, -0.2) is 23.1 Å². The number of hydrogen-bond donors (Lipinski definition) is 1. The summed E-state index contributed by atoms with van der Waals surface area (Å²) in [6.45, 7) is 1.11. The summed E-state index contributed by atoms with van der Waals surface area (Å²) in [6.07, 6.45) is 0.878. The minimum atomic E-state index is -0.956. The van der Waals surface area contributed by atoms with Crippen LogP contribution in [0.25, 0.3) is 0 Å². The van der Waals surface area contributed by atoms with Crippen LogP contribution in [0, 0.1) is 0 Å². The molecule has 0 aliphatic carbocycles. The first-order valence-electron chi connectivity index (χ1n) is 6.13. The van der Waals surface area contributed by atoms with Crippen molar-refractivity contribution in [2.45, 2.75) is 10.6 Å². The zero-order chi connectivity index (χ0) is 13.5. The van der Waals surface area contributed by atoms with Crippen LogP contribution in [-0.2, 0) is 17.2 Å². The highest BCUT2D eigenvalue weighted by atomic mass is 32.2. The third-order valence-corrected chi connectivity index (χ3v) is 5.24. The Morgan fingerprint density at radius 2 is 2.00 bits per heavy atom. The fraction of sp³-hybridized carbons (Fsp3) is 0.286. The second-order valence-corrected chi connectivity index (χ2v) is 6.76. The van der Waals surface area contributed by atoms with Gasteiger partial charge in [-0.25, -0.2) is 0 Å². The second-order valence-electron chi connectivity index (χ2n) is 4.01. The van der Waals surface area contributed by atoms with Gasteiger partial charge < -0.3 is 10.5 Å². The van der Waals surface area contributed by atoms with Gasteiger partial charge in [-0.1, -0.05) is 18.2 Å². The molecule has 2 rings (SSSR count). The van der Waals surface area contributed by atoms with Crippen LogP contribution in [0.2, 0.25) is 0 Å². The van der Waals surface area contributed by atoms with E-state index in [9.17, 15) is 4.21 Å². The largest absolute Gasteiger partial charge is 0.493 e. The van der Waals surface area contributed by atoms with E-state index in [4.69, 9.17) is 10.5 Å². The number of benzene rings is 1. The Labute approximate surface area is 119 Å². The number of thiophene rings is 1. The summed E-state index contributed by atoms with van der Waals surface area (Å²) < 4.78 is 18.4. The molecule has 1 aromatic carbocycles. The van der Waals surface area contributed by atoms with Gasteiger partial charge in [0.2, 0.25) is 0 Å². The van der Waals surface area contributed by atoms with Gasteiger partial charge in [0, 0.05) is 0 Å². The van der Waals surface area contributed by atoms with E-state index in [2.05, 4.69) is 0 Å². The predicted molar refractivity (Wildman–Crippen MR) is 80.3 cm³/mol. The van der Waals surface area contributed by atoms with Gasteiger partial charge in [-0.15, -0.1) is 11.3 Å². The van der Waals surface area contributed by atoms with E-state index >= 15 is 0 Å². The molecule has 0 saturated heterocycles. The van der Waals surface area contributed by atoms with Crippen molar-refractivity contribution in [1.29, 1.82) is 0 Å². The van der Waals surface area contributed by atoms with E-state index in [1.807, 2.05) is 41.8 Å². The maximum atomic E-state index is 11.9. The molecule has 0 aliphatic rings. The highest BCUT2D eigenvalue weighted by Gasteiger charge is 2.04. The van der Waals surface area contributed by atoms with Gasteiger partial charge in [0.05, 0.1) is 20.8 Å². The molecule has 3 nitrogen and oxygen atoms in total. The smallest absolute Gasteiger partial charge is 0.119 e. The average molecular weight is 295 g/mol. The van der Waals surface area contributed by atoms with Crippen LogP contribution in [0.5, 0.6) is 5.75 Å². The Hall–Kier alpha value is -1.17. The molecule has 0 bridgehead atoms. The normalized spacial score (nSPS) is 12.3. The van der Waals surface area contributed by atoms with Crippen LogP contribution in [0.4, 0.5) is 0 Å². The van der Waals surface area contributed by atoms with Crippen molar-refractivity contribution < 1.29 is 8.95 Å². The lowest BCUT2D eigenvalue weighted by molar-refractivity contribution is 0.342. The molecule has 102 valence electrons. The van der Waals surface area contributed by atoms with Crippen LogP contribution in [0.1, 0.15) is 5.56 Å². The zero-order valence-electron chi connectivity index (χ0n) is 10.6. The molecule has 0 fully saturated rings. The maximum Gasteiger partial charge on any atom is 0.119 e. The molecule has 0 aliphatic heterocycles. The van der Waals surface area contributed by atoms with E-state index in [1.54, 1.807) is 0 Å². The first kappa shape index (κ1) is 14.2. The molecule has 1 unspecified atom stereocenters. The standard InChI is InChI=1S/C14H17NO2S2/c15-8-7-12-3-5-13(6-4-12)17-9-11-19(16)14-2-1-10-18-14/h1-6,10H,7-9,11,15H2. The quantitative estimate of drug-likeness (QED) is 0.853. The Balaban J connectivity index is 1.78. The second kappa shape index (κ2) is 7.43. The van der Waals surface area contributed by atoms with Crippen molar-refractivity contribution in [1.82, 2.24) is 0 Å². The SMILES string of the molecule is NCCc1ccc(OCCS(=O)c2cccs2)cc1. The zero-order valence-corrected chi connectivity index (χ0v) is 12.2. The number of nitrogens with two attached hydrogens (primary N) is 1. The summed E-state index contributed by atoms with van der Waals surface area (Å²) in [5.74, 6) is 1.33. The van der Waals surface area contributed by atoms with Crippen LogP contribution >= 0.6 is 11.3 Å². The van der Waals surface area contributed by atoms with Gasteiger partial charge in [0.15, 0.2) is 0 Å². The lowest BCUT2D eigenvalue weighted by Gasteiger charge is -2.06. The van der Waals surface area contributed by atoms with Gasteiger partial charge in [-0.05, 0) is 42.1 Å². The van der Waals surface area contributed by atoms with Gasteiger partial charge in [-0.2, -0.15) is 0 Å².